The van der Waals surface area contributed by atoms with Crippen LogP contribution in [0.3, 0.4) is 0 Å². The maximum atomic E-state index is 13.2. The van der Waals surface area contributed by atoms with Gasteiger partial charge in [0, 0.05) is 33.3 Å². The number of thiophene rings is 1. The fraction of sp³-hybridized carbons (Fsp3) is 0.600. The summed E-state index contributed by atoms with van der Waals surface area (Å²) in [6.07, 6.45) is 0. The molecule has 1 fully saturated rings. The van der Waals surface area contributed by atoms with Gasteiger partial charge in [0.1, 0.15) is 17.5 Å². The number of piperazine rings is 1. The van der Waals surface area contributed by atoms with Gasteiger partial charge in [0.2, 0.25) is 5.88 Å². The van der Waals surface area contributed by atoms with Gasteiger partial charge in [0.05, 0.1) is 23.4 Å². The van der Waals surface area contributed by atoms with Crippen molar-refractivity contribution < 1.29 is 14.3 Å². The molecular formula is C20H27N5O3S. The highest BCUT2D eigenvalue weighted by atomic mass is 32.1. The summed E-state index contributed by atoms with van der Waals surface area (Å²) in [6.45, 7) is 8.92. The number of methoxy groups -OCH3 is 2. The van der Waals surface area contributed by atoms with Gasteiger partial charge in [0.15, 0.2) is 5.82 Å². The molecule has 9 heteroatoms. The van der Waals surface area contributed by atoms with E-state index in [1.165, 1.54) is 11.3 Å². The lowest BCUT2D eigenvalue weighted by atomic mass is 10.0. The summed E-state index contributed by atoms with van der Waals surface area (Å²) in [5, 5.41) is 10.2. The summed E-state index contributed by atoms with van der Waals surface area (Å²) in [4.78, 5) is 27.6. The third kappa shape index (κ3) is 4.20. The molecule has 2 aromatic heterocycles. The van der Waals surface area contributed by atoms with E-state index in [1.54, 1.807) is 14.2 Å². The number of nitriles is 1. The Labute approximate surface area is 175 Å². The number of nitrogens with zero attached hydrogens (tertiary/aromatic N) is 5. The maximum Gasteiger partial charge on any atom is 0.264 e. The molecule has 0 aliphatic carbocycles. The van der Waals surface area contributed by atoms with Gasteiger partial charge in [-0.05, 0) is 18.4 Å². The number of carbonyl (C=O) groups excluding carboxylic acids is 1. The molecule has 1 amide bonds. The summed E-state index contributed by atoms with van der Waals surface area (Å²) in [5.74, 6) is 1.26. The van der Waals surface area contributed by atoms with E-state index < -0.39 is 0 Å². The van der Waals surface area contributed by atoms with Crippen molar-refractivity contribution in [3.8, 4) is 11.9 Å². The van der Waals surface area contributed by atoms with Crippen LogP contribution in [0.5, 0.6) is 5.88 Å². The molecule has 3 heterocycles. The zero-order valence-corrected chi connectivity index (χ0v) is 18.4. The van der Waals surface area contributed by atoms with Crippen LogP contribution < -0.4 is 4.74 Å². The van der Waals surface area contributed by atoms with Crippen LogP contribution in [0.4, 0.5) is 0 Å². The maximum absolute atomic E-state index is 13.2. The molecule has 0 spiro atoms. The molecule has 156 valence electrons. The summed E-state index contributed by atoms with van der Waals surface area (Å²) >= 11 is 1.37. The van der Waals surface area contributed by atoms with Gasteiger partial charge in [-0.2, -0.15) is 10.2 Å². The monoisotopic (exact) mass is 417 g/mol. The van der Waals surface area contributed by atoms with Crippen molar-refractivity contribution in [2.75, 3.05) is 40.4 Å². The van der Waals surface area contributed by atoms with Crippen LogP contribution >= 0.6 is 11.3 Å². The molecule has 0 bridgehead atoms. The Morgan fingerprint density at radius 1 is 1.24 bits per heavy atom. The minimum atomic E-state index is -0.114. The number of fused-ring (bicyclic) bond motifs is 1. The fourth-order valence-corrected chi connectivity index (χ4v) is 4.85. The number of hydrogen-bond donors (Lipinski definition) is 0. The first-order valence-electron chi connectivity index (χ1n) is 9.67. The topological polar surface area (TPSA) is 91.6 Å². The van der Waals surface area contributed by atoms with Crippen LogP contribution in [0.2, 0.25) is 0 Å². The molecule has 0 radical (unpaired) electrons. The minimum absolute atomic E-state index is 0.00134. The number of aryl methyl sites for hydroxylation is 1. The lowest BCUT2D eigenvalue weighted by Crippen LogP contribution is -2.52. The van der Waals surface area contributed by atoms with Crippen molar-refractivity contribution in [3.63, 3.8) is 0 Å². The van der Waals surface area contributed by atoms with Crippen LogP contribution in [-0.4, -0.2) is 72.1 Å². The largest absolute Gasteiger partial charge is 0.480 e. The van der Waals surface area contributed by atoms with Crippen molar-refractivity contribution in [3.05, 3.63) is 16.3 Å². The van der Waals surface area contributed by atoms with E-state index in [0.29, 0.717) is 42.8 Å². The molecule has 29 heavy (non-hydrogen) atoms. The molecule has 1 atom stereocenters. The van der Waals surface area contributed by atoms with Crippen LogP contribution in [0.15, 0.2) is 0 Å². The Balaban J connectivity index is 1.83. The number of carbonyl (C=O) groups is 1. The molecule has 0 aromatic carbocycles. The first kappa shape index (κ1) is 21.4. The third-order valence-corrected chi connectivity index (χ3v) is 6.40. The number of hydrogen-bond acceptors (Lipinski definition) is 8. The Bertz CT molecular complexity index is 928. The van der Waals surface area contributed by atoms with Gasteiger partial charge >= 0.3 is 0 Å². The zero-order chi connectivity index (χ0) is 21.1. The third-order valence-electron chi connectivity index (χ3n) is 5.22. The lowest BCUT2D eigenvalue weighted by Gasteiger charge is -2.38. The van der Waals surface area contributed by atoms with Crippen molar-refractivity contribution in [2.24, 2.45) is 5.92 Å². The minimum Gasteiger partial charge on any atom is -0.480 e. The predicted molar refractivity (Wildman–Crippen MR) is 111 cm³/mol. The van der Waals surface area contributed by atoms with E-state index >= 15 is 0 Å². The molecule has 3 rings (SSSR count). The molecular weight excluding hydrogens is 390 g/mol. The van der Waals surface area contributed by atoms with E-state index in [0.717, 1.165) is 15.8 Å². The smallest absolute Gasteiger partial charge is 0.264 e. The first-order chi connectivity index (χ1) is 13.9. The quantitative estimate of drug-likeness (QED) is 0.713. The van der Waals surface area contributed by atoms with Crippen LogP contribution in [-0.2, 0) is 11.3 Å². The van der Waals surface area contributed by atoms with Gasteiger partial charge in [-0.25, -0.2) is 4.98 Å². The van der Waals surface area contributed by atoms with Crippen LogP contribution in [0, 0.1) is 24.2 Å². The second-order valence-corrected chi connectivity index (χ2v) is 8.46. The van der Waals surface area contributed by atoms with Gasteiger partial charge < -0.3 is 14.4 Å². The number of ether oxygens (including phenoxy) is 2. The van der Waals surface area contributed by atoms with Crippen molar-refractivity contribution in [1.82, 2.24) is 19.8 Å². The average Bonchev–Trinajstić information content (AvgIpc) is 3.04. The average molecular weight is 418 g/mol. The summed E-state index contributed by atoms with van der Waals surface area (Å²) in [7, 11) is 3.15. The highest BCUT2D eigenvalue weighted by molar-refractivity contribution is 7.20. The Kier molecular flexibility index (Phi) is 6.67. The highest BCUT2D eigenvalue weighted by Crippen LogP contribution is 2.35. The van der Waals surface area contributed by atoms with Crippen molar-refractivity contribution in [2.45, 2.75) is 33.4 Å². The standard InChI is InChI=1S/C20H27N5O3S/c1-12(2)14(10-21)24-6-8-25(9-7-24)20(26)17-13(3)16-18(28-5)22-15(11-27-4)23-19(16)29-17/h12,14H,6-9,11H2,1-5H3. The molecule has 0 saturated carbocycles. The Morgan fingerprint density at radius 2 is 1.93 bits per heavy atom. The SMILES string of the molecule is COCc1nc(OC)c2c(C)c(C(=O)N3CCN(C(C#N)C(C)C)CC3)sc2n1. The molecule has 8 nitrogen and oxygen atoms in total. The Morgan fingerprint density at radius 3 is 2.48 bits per heavy atom. The number of aromatic nitrogens is 2. The van der Waals surface area contributed by atoms with Gasteiger partial charge in [-0.3, -0.25) is 9.69 Å². The van der Waals surface area contributed by atoms with E-state index in [4.69, 9.17) is 9.47 Å². The van der Waals surface area contributed by atoms with E-state index in [2.05, 4.69) is 34.8 Å². The van der Waals surface area contributed by atoms with Crippen LogP contribution in [0.1, 0.15) is 34.9 Å². The number of rotatable bonds is 6. The molecule has 0 N–H and O–H groups in total. The van der Waals surface area contributed by atoms with Gasteiger partial charge in [0.25, 0.3) is 5.91 Å². The lowest BCUT2D eigenvalue weighted by molar-refractivity contribution is 0.0580. The molecule has 1 aliphatic rings. The second-order valence-electron chi connectivity index (χ2n) is 7.46. The Hall–Kier alpha value is -2.28. The predicted octanol–water partition coefficient (Wildman–Crippen LogP) is 2.46. The summed E-state index contributed by atoms with van der Waals surface area (Å²) < 4.78 is 10.6. The van der Waals surface area contributed by atoms with Crippen molar-refractivity contribution in [1.29, 1.82) is 5.26 Å². The first-order valence-corrected chi connectivity index (χ1v) is 10.5. The number of amides is 1. The fourth-order valence-electron chi connectivity index (χ4n) is 3.69. The van der Waals surface area contributed by atoms with E-state index in [-0.39, 0.29) is 24.5 Å². The molecule has 1 unspecified atom stereocenters. The highest BCUT2D eigenvalue weighted by Gasteiger charge is 2.30. The van der Waals surface area contributed by atoms with E-state index in [9.17, 15) is 10.1 Å². The summed E-state index contributed by atoms with van der Waals surface area (Å²) in [5.41, 5.74) is 0.843. The normalized spacial score (nSPS) is 16.2. The van der Waals surface area contributed by atoms with Gasteiger partial charge in [-0.15, -0.1) is 11.3 Å². The zero-order valence-electron chi connectivity index (χ0n) is 17.6. The summed E-state index contributed by atoms with van der Waals surface area (Å²) in [6, 6.07) is 2.27. The van der Waals surface area contributed by atoms with Crippen LogP contribution in [0.25, 0.3) is 10.2 Å². The molecule has 2 aromatic rings. The second kappa shape index (κ2) is 9.03. The molecule has 1 saturated heterocycles. The molecule has 1 aliphatic heterocycles. The van der Waals surface area contributed by atoms with Crippen molar-refractivity contribution >= 4 is 27.5 Å². The van der Waals surface area contributed by atoms with Gasteiger partial charge in [-0.1, -0.05) is 13.8 Å². The van der Waals surface area contributed by atoms with E-state index in [1.807, 2.05) is 11.8 Å².